The number of hydrogen-bond donors (Lipinski definition) is 2. The van der Waals surface area contributed by atoms with E-state index in [0.717, 1.165) is 13.3 Å². The van der Waals surface area contributed by atoms with Crippen molar-refractivity contribution in [3.05, 3.63) is 46.5 Å². The Morgan fingerprint density at radius 3 is 2.90 bits per heavy atom. The fourth-order valence-corrected chi connectivity index (χ4v) is 1.74. The summed E-state index contributed by atoms with van der Waals surface area (Å²) in [6.07, 6.45) is 2.60. The number of ether oxygens (including phenoxy) is 1. The van der Waals surface area contributed by atoms with Gasteiger partial charge in [0.1, 0.15) is 11.2 Å². The minimum Gasteiger partial charge on any atom is -0.467 e. The van der Waals surface area contributed by atoms with Gasteiger partial charge in [0.2, 0.25) is 0 Å². The van der Waals surface area contributed by atoms with Gasteiger partial charge in [-0.1, -0.05) is 6.07 Å². The van der Waals surface area contributed by atoms with Crippen LogP contribution in [0.1, 0.15) is 10.4 Å². The summed E-state index contributed by atoms with van der Waals surface area (Å²) in [6.45, 7) is -0.638. The standard InChI is InChI=1S/C13H13N3O5/c1-21-13(20)9(7-17)15-11(18)8-6-14-10-4-2-3-5-16(10)12(8)19/h2-6,9,17H,7H2,1H3,(H,15,18). The SMILES string of the molecule is COC(=O)C(CO)NC(=O)c1cnc2ccccn2c1=O. The molecule has 0 aliphatic heterocycles. The van der Waals surface area contributed by atoms with Crippen LogP contribution >= 0.6 is 0 Å². The second-order valence-corrected chi connectivity index (χ2v) is 4.14. The number of hydrogen-bond acceptors (Lipinski definition) is 6. The van der Waals surface area contributed by atoms with E-state index in [4.69, 9.17) is 5.11 Å². The number of aliphatic hydroxyl groups excluding tert-OH is 1. The van der Waals surface area contributed by atoms with Crippen molar-refractivity contribution in [1.82, 2.24) is 14.7 Å². The van der Waals surface area contributed by atoms with Crippen molar-refractivity contribution in [2.24, 2.45) is 0 Å². The molecule has 0 aliphatic carbocycles. The molecule has 110 valence electrons. The lowest BCUT2D eigenvalue weighted by atomic mass is 10.2. The number of methoxy groups -OCH3 is 1. The van der Waals surface area contributed by atoms with E-state index in [2.05, 4.69) is 15.0 Å². The number of aromatic nitrogens is 2. The fraction of sp³-hybridized carbons (Fsp3) is 0.231. The molecule has 1 amide bonds. The highest BCUT2D eigenvalue weighted by Crippen LogP contribution is 1.98. The van der Waals surface area contributed by atoms with Crippen molar-refractivity contribution < 1.29 is 19.4 Å². The van der Waals surface area contributed by atoms with Crippen LogP contribution in [0.25, 0.3) is 5.65 Å². The summed E-state index contributed by atoms with van der Waals surface area (Å²) >= 11 is 0. The predicted octanol–water partition coefficient (Wildman–Crippen LogP) is -1.04. The highest BCUT2D eigenvalue weighted by atomic mass is 16.5. The third kappa shape index (κ3) is 2.90. The fourth-order valence-electron chi connectivity index (χ4n) is 1.74. The second kappa shape index (κ2) is 6.14. The molecular weight excluding hydrogens is 278 g/mol. The van der Waals surface area contributed by atoms with E-state index < -0.39 is 30.1 Å². The summed E-state index contributed by atoms with van der Waals surface area (Å²) in [4.78, 5) is 39.5. The molecule has 0 saturated carbocycles. The van der Waals surface area contributed by atoms with E-state index in [-0.39, 0.29) is 5.56 Å². The van der Waals surface area contributed by atoms with Crippen LogP contribution in [0, 0.1) is 0 Å². The summed E-state index contributed by atoms with van der Waals surface area (Å²) < 4.78 is 5.64. The zero-order chi connectivity index (χ0) is 15.4. The van der Waals surface area contributed by atoms with Crippen molar-refractivity contribution in [3.63, 3.8) is 0 Å². The Morgan fingerprint density at radius 2 is 2.24 bits per heavy atom. The number of esters is 1. The van der Waals surface area contributed by atoms with Crippen LogP contribution in [0.5, 0.6) is 0 Å². The number of amides is 1. The molecule has 0 bridgehead atoms. The first-order valence-electron chi connectivity index (χ1n) is 6.04. The van der Waals surface area contributed by atoms with Gasteiger partial charge in [0.05, 0.1) is 13.7 Å². The Hall–Kier alpha value is -2.74. The highest BCUT2D eigenvalue weighted by Gasteiger charge is 2.23. The van der Waals surface area contributed by atoms with Gasteiger partial charge in [0, 0.05) is 12.4 Å². The molecule has 8 nitrogen and oxygen atoms in total. The van der Waals surface area contributed by atoms with E-state index in [9.17, 15) is 14.4 Å². The summed E-state index contributed by atoms with van der Waals surface area (Å²) in [5.74, 6) is -1.62. The minimum absolute atomic E-state index is 0.235. The quantitative estimate of drug-likeness (QED) is 0.696. The summed E-state index contributed by atoms with van der Waals surface area (Å²) in [6, 6.07) is 3.72. The van der Waals surface area contributed by atoms with Gasteiger partial charge in [0.25, 0.3) is 11.5 Å². The number of nitrogens with one attached hydrogen (secondary N) is 1. The van der Waals surface area contributed by atoms with E-state index in [1.807, 2.05) is 0 Å². The smallest absolute Gasteiger partial charge is 0.330 e. The monoisotopic (exact) mass is 291 g/mol. The van der Waals surface area contributed by atoms with Crippen molar-refractivity contribution in [2.75, 3.05) is 13.7 Å². The van der Waals surface area contributed by atoms with Crippen LogP contribution < -0.4 is 10.9 Å². The van der Waals surface area contributed by atoms with Gasteiger partial charge in [-0.25, -0.2) is 9.78 Å². The predicted molar refractivity (Wildman–Crippen MR) is 71.8 cm³/mol. The zero-order valence-electron chi connectivity index (χ0n) is 11.1. The average molecular weight is 291 g/mol. The van der Waals surface area contributed by atoms with Crippen molar-refractivity contribution in [2.45, 2.75) is 6.04 Å². The van der Waals surface area contributed by atoms with Crippen LogP contribution in [-0.4, -0.2) is 46.1 Å². The number of carbonyl (C=O) groups is 2. The first-order valence-corrected chi connectivity index (χ1v) is 6.04. The molecule has 1 unspecified atom stereocenters. The van der Waals surface area contributed by atoms with E-state index in [1.165, 1.54) is 10.6 Å². The molecule has 0 aliphatic rings. The van der Waals surface area contributed by atoms with Crippen molar-refractivity contribution in [3.8, 4) is 0 Å². The van der Waals surface area contributed by atoms with Crippen LogP contribution in [-0.2, 0) is 9.53 Å². The Kier molecular flexibility index (Phi) is 4.29. The number of rotatable bonds is 4. The lowest BCUT2D eigenvalue weighted by Crippen LogP contribution is -2.45. The molecule has 0 aromatic carbocycles. The van der Waals surface area contributed by atoms with E-state index in [0.29, 0.717) is 5.65 Å². The molecule has 0 radical (unpaired) electrons. The van der Waals surface area contributed by atoms with Crippen LogP contribution in [0.3, 0.4) is 0 Å². The third-order valence-electron chi connectivity index (χ3n) is 2.83. The van der Waals surface area contributed by atoms with Gasteiger partial charge in [-0.15, -0.1) is 0 Å². The van der Waals surface area contributed by atoms with Gasteiger partial charge in [0.15, 0.2) is 6.04 Å². The Bertz CT molecular complexity index is 740. The maximum atomic E-state index is 12.2. The molecule has 8 heteroatoms. The maximum absolute atomic E-state index is 12.2. The molecule has 0 spiro atoms. The largest absolute Gasteiger partial charge is 0.467 e. The number of nitrogens with zero attached hydrogens (tertiary/aromatic N) is 2. The number of fused-ring (bicyclic) bond motifs is 1. The van der Waals surface area contributed by atoms with Gasteiger partial charge >= 0.3 is 5.97 Å². The first kappa shape index (κ1) is 14.7. The molecule has 2 aromatic rings. The topological polar surface area (TPSA) is 110 Å². The number of pyridine rings is 1. The normalized spacial score (nSPS) is 11.9. The van der Waals surface area contributed by atoms with Crippen LogP contribution in [0.2, 0.25) is 0 Å². The first-order chi connectivity index (χ1) is 10.1. The van der Waals surface area contributed by atoms with Gasteiger partial charge < -0.3 is 15.2 Å². The number of aliphatic hydroxyl groups is 1. The van der Waals surface area contributed by atoms with E-state index in [1.54, 1.807) is 18.2 Å². The van der Waals surface area contributed by atoms with Crippen molar-refractivity contribution in [1.29, 1.82) is 0 Å². The van der Waals surface area contributed by atoms with Gasteiger partial charge in [-0.3, -0.25) is 14.0 Å². The summed E-state index contributed by atoms with van der Waals surface area (Å²) in [7, 11) is 1.13. The zero-order valence-corrected chi connectivity index (χ0v) is 11.1. The Balaban J connectivity index is 2.34. The van der Waals surface area contributed by atoms with Gasteiger partial charge in [-0.2, -0.15) is 0 Å². The molecule has 2 heterocycles. The Labute approximate surface area is 119 Å². The Morgan fingerprint density at radius 1 is 1.48 bits per heavy atom. The van der Waals surface area contributed by atoms with E-state index >= 15 is 0 Å². The molecule has 1 atom stereocenters. The third-order valence-corrected chi connectivity index (χ3v) is 2.83. The molecule has 0 fully saturated rings. The van der Waals surface area contributed by atoms with Gasteiger partial charge in [-0.05, 0) is 12.1 Å². The second-order valence-electron chi connectivity index (χ2n) is 4.14. The summed E-state index contributed by atoms with van der Waals surface area (Å²) in [5, 5.41) is 11.3. The minimum atomic E-state index is -1.24. The molecule has 2 N–H and O–H groups in total. The number of carbonyl (C=O) groups excluding carboxylic acids is 2. The van der Waals surface area contributed by atoms with Crippen molar-refractivity contribution >= 4 is 17.5 Å². The highest BCUT2D eigenvalue weighted by molar-refractivity contribution is 5.96. The lowest BCUT2D eigenvalue weighted by Gasteiger charge is -2.13. The molecule has 0 saturated heterocycles. The molecule has 2 aromatic heterocycles. The maximum Gasteiger partial charge on any atom is 0.330 e. The summed E-state index contributed by atoms with van der Waals surface area (Å²) in [5.41, 5.74) is -0.411. The van der Waals surface area contributed by atoms with Crippen LogP contribution in [0.4, 0.5) is 0 Å². The molecular formula is C13H13N3O5. The average Bonchev–Trinajstić information content (AvgIpc) is 2.52. The lowest BCUT2D eigenvalue weighted by molar-refractivity contribution is -0.143. The molecule has 21 heavy (non-hydrogen) atoms. The molecule has 2 rings (SSSR count). The van der Waals surface area contributed by atoms with Crippen LogP contribution in [0.15, 0.2) is 35.4 Å².